The molecule has 1 aliphatic rings. The van der Waals surface area contributed by atoms with Gasteiger partial charge in [-0.1, -0.05) is 43.3 Å². The smallest absolute Gasteiger partial charge is 0.0237 e. The lowest BCUT2D eigenvalue weighted by Gasteiger charge is -2.35. The molecule has 0 aromatic heterocycles. The molecule has 1 aromatic rings. The molecule has 0 radical (unpaired) electrons. The second-order valence-electron chi connectivity index (χ2n) is 4.83. The SMILES string of the molecule is C=C(CN1CCCCC1CN)c1ccccc1. The first-order valence-electron chi connectivity index (χ1n) is 6.48. The second-order valence-corrected chi connectivity index (χ2v) is 4.83. The van der Waals surface area contributed by atoms with E-state index in [2.05, 4.69) is 35.7 Å². The van der Waals surface area contributed by atoms with Crippen molar-refractivity contribution in [3.63, 3.8) is 0 Å². The minimum atomic E-state index is 0.546. The Hall–Kier alpha value is -1.12. The van der Waals surface area contributed by atoms with Gasteiger partial charge in [0.15, 0.2) is 0 Å². The summed E-state index contributed by atoms with van der Waals surface area (Å²) in [7, 11) is 0. The molecule has 0 saturated carbocycles. The van der Waals surface area contributed by atoms with Crippen LogP contribution in [-0.2, 0) is 0 Å². The highest BCUT2D eigenvalue weighted by Crippen LogP contribution is 2.20. The van der Waals surface area contributed by atoms with Gasteiger partial charge in [0.2, 0.25) is 0 Å². The van der Waals surface area contributed by atoms with E-state index in [0.717, 1.165) is 19.6 Å². The van der Waals surface area contributed by atoms with E-state index in [1.54, 1.807) is 0 Å². The van der Waals surface area contributed by atoms with Gasteiger partial charge in [-0.05, 0) is 30.5 Å². The summed E-state index contributed by atoms with van der Waals surface area (Å²) < 4.78 is 0. The molecule has 1 atom stereocenters. The number of hydrogen-bond donors (Lipinski definition) is 1. The molecule has 2 nitrogen and oxygen atoms in total. The molecule has 2 rings (SSSR count). The number of hydrogen-bond acceptors (Lipinski definition) is 2. The lowest BCUT2D eigenvalue weighted by molar-refractivity contribution is 0.173. The monoisotopic (exact) mass is 230 g/mol. The van der Waals surface area contributed by atoms with E-state index in [1.165, 1.54) is 30.4 Å². The summed E-state index contributed by atoms with van der Waals surface area (Å²) in [6.45, 7) is 7.08. The largest absolute Gasteiger partial charge is 0.329 e. The van der Waals surface area contributed by atoms with Gasteiger partial charge in [0.1, 0.15) is 0 Å². The molecule has 0 bridgehead atoms. The highest BCUT2D eigenvalue weighted by Gasteiger charge is 2.21. The summed E-state index contributed by atoms with van der Waals surface area (Å²) in [4.78, 5) is 2.48. The molecular weight excluding hydrogens is 208 g/mol. The molecular formula is C15H22N2. The Bertz CT molecular complexity index is 358. The van der Waals surface area contributed by atoms with E-state index in [9.17, 15) is 0 Å². The van der Waals surface area contributed by atoms with Gasteiger partial charge in [0.25, 0.3) is 0 Å². The van der Waals surface area contributed by atoms with Gasteiger partial charge in [-0.25, -0.2) is 0 Å². The Morgan fingerprint density at radius 3 is 2.76 bits per heavy atom. The van der Waals surface area contributed by atoms with Crippen molar-refractivity contribution in [2.45, 2.75) is 25.3 Å². The molecule has 2 heteroatoms. The van der Waals surface area contributed by atoms with Crippen LogP contribution in [0.15, 0.2) is 36.9 Å². The van der Waals surface area contributed by atoms with Crippen molar-refractivity contribution >= 4 is 5.57 Å². The normalized spacial score (nSPS) is 21.4. The maximum absolute atomic E-state index is 5.84. The average Bonchev–Trinajstić information content (AvgIpc) is 2.40. The lowest BCUT2D eigenvalue weighted by atomic mass is 10.00. The Morgan fingerprint density at radius 1 is 1.29 bits per heavy atom. The molecule has 1 aromatic carbocycles. The first kappa shape index (κ1) is 12.3. The zero-order valence-corrected chi connectivity index (χ0v) is 10.4. The molecule has 1 aliphatic heterocycles. The number of piperidine rings is 1. The fourth-order valence-corrected chi connectivity index (χ4v) is 2.55. The van der Waals surface area contributed by atoms with Crippen LogP contribution in [0.25, 0.3) is 5.57 Å². The van der Waals surface area contributed by atoms with Crippen LogP contribution in [0.5, 0.6) is 0 Å². The van der Waals surface area contributed by atoms with Gasteiger partial charge in [0, 0.05) is 19.1 Å². The topological polar surface area (TPSA) is 29.3 Å². The van der Waals surface area contributed by atoms with E-state index >= 15 is 0 Å². The third-order valence-electron chi connectivity index (χ3n) is 3.60. The van der Waals surface area contributed by atoms with Crippen LogP contribution >= 0.6 is 0 Å². The predicted molar refractivity (Wildman–Crippen MR) is 73.7 cm³/mol. The van der Waals surface area contributed by atoms with Gasteiger partial charge in [-0.2, -0.15) is 0 Å². The highest BCUT2D eigenvalue weighted by molar-refractivity contribution is 5.64. The van der Waals surface area contributed by atoms with Crippen molar-refractivity contribution in [2.75, 3.05) is 19.6 Å². The van der Waals surface area contributed by atoms with Gasteiger partial charge in [-0.15, -0.1) is 0 Å². The van der Waals surface area contributed by atoms with Gasteiger partial charge >= 0.3 is 0 Å². The van der Waals surface area contributed by atoms with Gasteiger partial charge in [0.05, 0.1) is 0 Å². The molecule has 92 valence electrons. The third-order valence-corrected chi connectivity index (χ3v) is 3.60. The Morgan fingerprint density at radius 2 is 2.06 bits per heavy atom. The molecule has 0 amide bonds. The quantitative estimate of drug-likeness (QED) is 0.861. The summed E-state index contributed by atoms with van der Waals surface area (Å²) >= 11 is 0. The number of nitrogens with zero attached hydrogens (tertiary/aromatic N) is 1. The molecule has 1 heterocycles. The van der Waals surface area contributed by atoms with E-state index in [4.69, 9.17) is 5.73 Å². The van der Waals surface area contributed by atoms with Crippen molar-refractivity contribution in [1.82, 2.24) is 4.90 Å². The minimum Gasteiger partial charge on any atom is -0.329 e. The maximum atomic E-state index is 5.84. The molecule has 1 unspecified atom stereocenters. The van der Waals surface area contributed by atoms with Crippen LogP contribution in [0, 0.1) is 0 Å². The first-order chi connectivity index (χ1) is 8.31. The fraction of sp³-hybridized carbons (Fsp3) is 0.467. The Labute approximate surface area is 104 Å². The number of rotatable bonds is 4. The standard InChI is InChI=1S/C15H22N2/c1-13(14-7-3-2-4-8-14)12-17-10-6-5-9-15(17)11-16/h2-4,7-8,15H,1,5-6,9-12,16H2. The van der Waals surface area contributed by atoms with Crippen LogP contribution in [-0.4, -0.2) is 30.6 Å². The van der Waals surface area contributed by atoms with E-state index in [0.29, 0.717) is 6.04 Å². The van der Waals surface area contributed by atoms with E-state index < -0.39 is 0 Å². The van der Waals surface area contributed by atoms with Crippen LogP contribution in [0.3, 0.4) is 0 Å². The van der Waals surface area contributed by atoms with Gasteiger partial charge < -0.3 is 5.73 Å². The molecule has 0 aliphatic carbocycles. The zero-order valence-electron chi connectivity index (χ0n) is 10.4. The Balaban J connectivity index is 1.98. The van der Waals surface area contributed by atoms with Crippen LogP contribution < -0.4 is 5.73 Å². The molecule has 2 N–H and O–H groups in total. The highest BCUT2D eigenvalue weighted by atomic mass is 15.2. The van der Waals surface area contributed by atoms with Crippen LogP contribution in [0.1, 0.15) is 24.8 Å². The lowest BCUT2D eigenvalue weighted by Crippen LogP contribution is -2.44. The number of nitrogens with two attached hydrogens (primary N) is 1. The van der Waals surface area contributed by atoms with Crippen molar-refractivity contribution in [1.29, 1.82) is 0 Å². The van der Waals surface area contributed by atoms with Crippen molar-refractivity contribution < 1.29 is 0 Å². The molecule has 1 fully saturated rings. The summed E-state index contributed by atoms with van der Waals surface area (Å²) in [5, 5.41) is 0. The van der Waals surface area contributed by atoms with Crippen molar-refractivity contribution in [3.05, 3.63) is 42.5 Å². The maximum Gasteiger partial charge on any atom is 0.0237 e. The van der Waals surface area contributed by atoms with E-state index in [1.807, 2.05) is 6.07 Å². The summed E-state index contributed by atoms with van der Waals surface area (Å²) in [6.07, 6.45) is 3.84. The van der Waals surface area contributed by atoms with E-state index in [-0.39, 0.29) is 0 Å². The summed E-state index contributed by atoms with van der Waals surface area (Å²) in [5.74, 6) is 0. The van der Waals surface area contributed by atoms with Crippen LogP contribution in [0.4, 0.5) is 0 Å². The van der Waals surface area contributed by atoms with Crippen molar-refractivity contribution in [3.8, 4) is 0 Å². The summed E-state index contributed by atoms with van der Waals surface area (Å²) in [5.41, 5.74) is 8.28. The average molecular weight is 230 g/mol. The third kappa shape index (κ3) is 3.18. The first-order valence-corrected chi connectivity index (χ1v) is 6.48. The fourth-order valence-electron chi connectivity index (χ4n) is 2.55. The minimum absolute atomic E-state index is 0.546. The second kappa shape index (κ2) is 5.99. The Kier molecular flexibility index (Phi) is 4.35. The molecule has 0 spiro atoms. The van der Waals surface area contributed by atoms with Crippen LogP contribution in [0.2, 0.25) is 0 Å². The molecule has 17 heavy (non-hydrogen) atoms. The number of benzene rings is 1. The zero-order chi connectivity index (χ0) is 12.1. The van der Waals surface area contributed by atoms with Crippen molar-refractivity contribution in [2.24, 2.45) is 5.73 Å². The predicted octanol–water partition coefficient (Wildman–Crippen LogP) is 2.51. The number of likely N-dealkylation sites (tertiary alicyclic amines) is 1. The van der Waals surface area contributed by atoms with Gasteiger partial charge in [-0.3, -0.25) is 4.90 Å². The molecule has 1 saturated heterocycles. The summed E-state index contributed by atoms with van der Waals surface area (Å²) in [6, 6.07) is 11.0.